The van der Waals surface area contributed by atoms with E-state index in [9.17, 15) is 4.79 Å². The Hall–Kier alpha value is -1.92. The van der Waals surface area contributed by atoms with Gasteiger partial charge in [0.1, 0.15) is 0 Å². The number of para-hydroxylation sites is 1. The number of benzene rings is 1. The van der Waals surface area contributed by atoms with E-state index in [-0.39, 0.29) is 11.8 Å². The van der Waals surface area contributed by atoms with Gasteiger partial charge in [0.25, 0.3) is 0 Å². The molecule has 0 radical (unpaired) electrons. The Morgan fingerprint density at radius 3 is 3.04 bits per heavy atom. The molecule has 1 aliphatic rings. The lowest BCUT2D eigenvalue weighted by atomic mass is 9.97. The average molecular weight is 329 g/mol. The molecule has 0 saturated carbocycles. The molecule has 6 heteroatoms. The molecule has 6 nitrogen and oxygen atoms in total. The molecule has 1 aliphatic heterocycles. The second kappa shape index (κ2) is 7.77. The number of aromatic nitrogens is 2. The van der Waals surface area contributed by atoms with E-state index in [1.54, 1.807) is 0 Å². The Morgan fingerprint density at radius 1 is 1.42 bits per heavy atom. The first-order valence-electron chi connectivity index (χ1n) is 8.87. The van der Waals surface area contributed by atoms with Crippen LogP contribution in [0, 0.1) is 5.92 Å². The molecule has 1 unspecified atom stereocenters. The minimum Gasteiger partial charge on any atom is -0.355 e. The van der Waals surface area contributed by atoms with Crippen LogP contribution in [-0.2, 0) is 17.9 Å². The van der Waals surface area contributed by atoms with E-state index in [1.807, 2.05) is 0 Å². The zero-order chi connectivity index (χ0) is 16.9. The molecule has 24 heavy (non-hydrogen) atoms. The lowest BCUT2D eigenvalue weighted by Crippen LogP contribution is -2.43. The van der Waals surface area contributed by atoms with Crippen LogP contribution in [0.4, 0.5) is 0 Å². The second-order valence-corrected chi connectivity index (χ2v) is 6.43. The third kappa shape index (κ3) is 3.60. The monoisotopic (exact) mass is 329 g/mol. The number of rotatable bonds is 6. The van der Waals surface area contributed by atoms with Gasteiger partial charge in [0.2, 0.25) is 5.91 Å². The fourth-order valence-electron chi connectivity index (χ4n) is 3.52. The minimum atomic E-state index is 0.0600. The molecular weight excluding hydrogens is 302 g/mol. The lowest BCUT2D eigenvalue weighted by molar-refractivity contribution is -0.126. The molecule has 1 aromatic heterocycles. The number of hydrogen-bond donors (Lipinski definition) is 2. The summed E-state index contributed by atoms with van der Waals surface area (Å²) >= 11 is 0. The molecule has 130 valence electrons. The topological polar surface area (TPSA) is 76.2 Å². The smallest absolute Gasteiger partial charge is 0.224 e. The Balaban J connectivity index is 1.71. The molecular formula is C18H27N5O. The van der Waals surface area contributed by atoms with Crippen molar-refractivity contribution in [2.24, 2.45) is 11.7 Å². The standard InChI is InChI=1S/C18H27N5O/c1-2-23-17-8-4-3-7-15(17)16(21-23)13-22-11-5-6-14(12-22)18(24)20-10-9-19/h3-4,7-8,14H,2,5-6,9-13,19H2,1H3,(H,20,24). The van der Waals surface area contributed by atoms with E-state index < -0.39 is 0 Å². The van der Waals surface area contributed by atoms with Crippen LogP contribution < -0.4 is 11.1 Å². The van der Waals surface area contributed by atoms with Gasteiger partial charge in [-0.1, -0.05) is 18.2 Å². The van der Waals surface area contributed by atoms with E-state index >= 15 is 0 Å². The summed E-state index contributed by atoms with van der Waals surface area (Å²) in [6.07, 6.45) is 2.00. The number of nitrogens with zero attached hydrogens (tertiary/aromatic N) is 3. The molecule has 0 bridgehead atoms. The van der Waals surface area contributed by atoms with E-state index in [0.29, 0.717) is 13.1 Å². The SMILES string of the molecule is CCn1nc(CN2CCCC(C(=O)NCCN)C2)c2ccccc21. The highest BCUT2D eigenvalue weighted by Gasteiger charge is 2.26. The van der Waals surface area contributed by atoms with Gasteiger partial charge in [0.15, 0.2) is 0 Å². The second-order valence-electron chi connectivity index (χ2n) is 6.43. The first-order valence-corrected chi connectivity index (χ1v) is 8.87. The Labute approximate surface area is 143 Å². The van der Waals surface area contributed by atoms with Gasteiger partial charge in [-0.3, -0.25) is 14.4 Å². The van der Waals surface area contributed by atoms with Gasteiger partial charge >= 0.3 is 0 Å². The van der Waals surface area contributed by atoms with E-state index in [0.717, 1.165) is 44.7 Å². The fourth-order valence-corrected chi connectivity index (χ4v) is 3.52. The van der Waals surface area contributed by atoms with Gasteiger partial charge in [-0.05, 0) is 32.4 Å². The van der Waals surface area contributed by atoms with Gasteiger partial charge in [-0.25, -0.2) is 0 Å². The maximum absolute atomic E-state index is 12.2. The molecule has 0 spiro atoms. The normalized spacial score (nSPS) is 18.8. The highest BCUT2D eigenvalue weighted by Crippen LogP contribution is 2.23. The number of hydrogen-bond acceptors (Lipinski definition) is 4. The van der Waals surface area contributed by atoms with E-state index in [1.165, 1.54) is 10.9 Å². The molecule has 1 saturated heterocycles. The van der Waals surface area contributed by atoms with Crippen molar-refractivity contribution in [2.45, 2.75) is 32.9 Å². The number of carbonyl (C=O) groups excluding carboxylic acids is 1. The number of carbonyl (C=O) groups is 1. The summed E-state index contributed by atoms with van der Waals surface area (Å²) in [5.74, 6) is 0.193. The summed E-state index contributed by atoms with van der Waals surface area (Å²) in [4.78, 5) is 14.6. The third-order valence-electron chi connectivity index (χ3n) is 4.73. The Kier molecular flexibility index (Phi) is 5.48. The Morgan fingerprint density at radius 2 is 2.25 bits per heavy atom. The largest absolute Gasteiger partial charge is 0.355 e. The molecule has 3 rings (SSSR count). The molecule has 1 atom stereocenters. The third-order valence-corrected chi connectivity index (χ3v) is 4.73. The molecule has 3 N–H and O–H groups in total. The summed E-state index contributed by atoms with van der Waals surface area (Å²) in [7, 11) is 0. The molecule has 0 aliphatic carbocycles. The van der Waals surface area contributed by atoms with Crippen molar-refractivity contribution in [1.29, 1.82) is 0 Å². The van der Waals surface area contributed by atoms with Crippen LogP contribution in [0.5, 0.6) is 0 Å². The highest BCUT2D eigenvalue weighted by molar-refractivity contribution is 5.82. The van der Waals surface area contributed by atoms with Crippen LogP contribution in [0.15, 0.2) is 24.3 Å². The summed E-state index contributed by atoms with van der Waals surface area (Å²) in [5, 5.41) is 8.92. The number of aryl methyl sites for hydroxylation is 1. The van der Waals surface area contributed by atoms with Gasteiger partial charge < -0.3 is 11.1 Å². The van der Waals surface area contributed by atoms with Crippen molar-refractivity contribution in [2.75, 3.05) is 26.2 Å². The van der Waals surface area contributed by atoms with Crippen molar-refractivity contribution in [3.8, 4) is 0 Å². The first kappa shape index (κ1) is 16.9. The fraction of sp³-hybridized carbons (Fsp3) is 0.556. The van der Waals surface area contributed by atoms with Crippen molar-refractivity contribution >= 4 is 16.8 Å². The van der Waals surface area contributed by atoms with Crippen LogP contribution in [0.3, 0.4) is 0 Å². The summed E-state index contributed by atoms with van der Waals surface area (Å²) in [6.45, 7) is 6.64. The number of nitrogens with two attached hydrogens (primary N) is 1. The number of fused-ring (bicyclic) bond motifs is 1. The molecule has 1 fully saturated rings. The molecule has 2 heterocycles. The van der Waals surface area contributed by atoms with Gasteiger partial charge in [-0.2, -0.15) is 5.10 Å². The average Bonchev–Trinajstić information content (AvgIpc) is 2.98. The predicted octanol–water partition coefficient (Wildman–Crippen LogP) is 1.34. The van der Waals surface area contributed by atoms with Crippen LogP contribution in [0.2, 0.25) is 0 Å². The number of nitrogens with one attached hydrogen (secondary N) is 1. The predicted molar refractivity (Wildman–Crippen MR) is 95.5 cm³/mol. The summed E-state index contributed by atoms with van der Waals surface area (Å²) in [5.41, 5.74) is 7.76. The number of likely N-dealkylation sites (tertiary alicyclic amines) is 1. The Bertz CT molecular complexity index is 696. The van der Waals surface area contributed by atoms with Crippen LogP contribution in [0.1, 0.15) is 25.5 Å². The zero-order valence-corrected chi connectivity index (χ0v) is 14.4. The first-order chi connectivity index (χ1) is 11.7. The quantitative estimate of drug-likeness (QED) is 0.839. The summed E-state index contributed by atoms with van der Waals surface area (Å²) < 4.78 is 2.06. The number of amides is 1. The highest BCUT2D eigenvalue weighted by atomic mass is 16.1. The number of piperidine rings is 1. The zero-order valence-electron chi connectivity index (χ0n) is 14.4. The molecule has 1 aromatic carbocycles. The molecule has 1 amide bonds. The van der Waals surface area contributed by atoms with E-state index in [2.05, 4.69) is 46.1 Å². The van der Waals surface area contributed by atoms with Gasteiger partial charge in [0, 0.05) is 38.1 Å². The van der Waals surface area contributed by atoms with Crippen molar-refractivity contribution in [3.63, 3.8) is 0 Å². The maximum Gasteiger partial charge on any atom is 0.224 e. The van der Waals surface area contributed by atoms with Gasteiger partial charge in [-0.15, -0.1) is 0 Å². The van der Waals surface area contributed by atoms with Crippen molar-refractivity contribution in [1.82, 2.24) is 20.0 Å². The van der Waals surface area contributed by atoms with Gasteiger partial charge in [0.05, 0.1) is 17.1 Å². The van der Waals surface area contributed by atoms with E-state index in [4.69, 9.17) is 10.8 Å². The minimum absolute atomic E-state index is 0.0600. The van der Waals surface area contributed by atoms with Crippen LogP contribution in [-0.4, -0.2) is 46.8 Å². The van der Waals surface area contributed by atoms with Crippen molar-refractivity contribution < 1.29 is 4.79 Å². The van der Waals surface area contributed by atoms with Crippen molar-refractivity contribution in [3.05, 3.63) is 30.0 Å². The van der Waals surface area contributed by atoms with Crippen LogP contribution >= 0.6 is 0 Å². The maximum atomic E-state index is 12.2. The lowest BCUT2D eigenvalue weighted by Gasteiger charge is -2.31. The summed E-state index contributed by atoms with van der Waals surface area (Å²) in [6, 6.07) is 8.37. The van der Waals surface area contributed by atoms with Crippen LogP contribution in [0.25, 0.3) is 10.9 Å². The molecule has 2 aromatic rings.